The van der Waals surface area contributed by atoms with Crippen LogP contribution in [-0.4, -0.2) is 27.6 Å². The number of nitrogens with zero attached hydrogens (tertiary/aromatic N) is 2. The van der Waals surface area contributed by atoms with Crippen LogP contribution in [0.3, 0.4) is 0 Å². The molecule has 3 rings (SSSR count). The molecule has 1 atom stereocenters. The third kappa shape index (κ3) is 4.33. The molecule has 0 bridgehead atoms. The molecule has 1 unspecified atom stereocenters. The first kappa shape index (κ1) is 16.9. The summed E-state index contributed by atoms with van der Waals surface area (Å²) in [5.41, 5.74) is 1.84. The van der Waals surface area contributed by atoms with Gasteiger partial charge in [-0.25, -0.2) is 4.68 Å². The zero-order valence-electron chi connectivity index (χ0n) is 13.7. The van der Waals surface area contributed by atoms with Gasteiger partial charge in [0.2, 0.25) is 5.91 Å². The molecule has 0 saturated heterocycles. The number of aromatic nitrogens is 2. The van der Waals surface area contributed by atoms with Crippen LogP contribution in [0.4, 0.5) is 0 Å². The molecule has 0 aliphatic carbocycles. The van der Waals surface area contributed by atoms with Crippen molar-refractivity contribution < 1.29 is 9.59 Å². The quantitative estimate of drug-likeness (QED) is 0.713. The number of para-hydroxylation sites is 1. The van der Waals surface area contributed by atoms with Gasteiger partial charge >= 0.3 is 0 Å². The highest BCUT2D eigenvalue weighted by molar-refractivity contribution is 7.12. The number of rotatable bonds is 6. The summed E-state index contributed by atoms with van der Waals surface area (Å²) in [6.45, 7) is 2.01. The molecule has 0 spiro atoms. The first-order valence-electron chi connectivity index (χ1n) is 7.84. The normalized spacial score (nSPS) is 11.7. The fraction of sp³-hybridized carbons (Fsp3) is 0.167. The Morgan fingerprint density at radius 3 is 2.72 bits per heavy atom. The molecule has 0 aliphatic heterocycles. The number of hydrogen-bond donors (Lipinski definition) is 2. The fourth-order valence-electron chi connectivity index (χ4n) is 2.26. The molecule has 2 heterocycles. The van der Waals surface area contributed by atoms with Crippen molar-refractivity contribution in [3.8, 4) is 5.69 Å². The SMILES string of the molecule is CC(NC(=O)c1cccs1)C(=O)NCc1cnn(-c2ccccc2)c1. The molecule has 0 radical (unpaired) electrons. The summed E-state index contributed by atoms with van der Waals surface area (Å²) in [5, 5.41) is 11.6. The average molecular weight is 354 g/mol. The lowest BCUT2D eigenvalue weighted by molar-refractivity contribution is -0.122. The third-order valence-electron chi connectivity index (χ3n) is 3.61. The van der Waals surface area contributed by atoms with Gasteiger partial charge in [0.1, 0.15) is 6.04 Å². The second-order valence-corrected chi connectivity index (χ2v) is 6.47. The Morgan fingerprint density at radius 1 is 1.20 bits per heavy atom. The van der Waals surface area contributed by atoms with Crippen LogP contribution in [0.1, 0.15) is 22.2 Å². The minimum Gasteiger partial charge on any atom is -0.350 e. The highest BCUT2D eigenvalue weighted by Gasteiger charge is 2.17. The van der Waals surface area contributed by atoms with Crippen molar-refractivity contribution in [1.82, 2.24) is 20.4 Å². The summed E-state index contributed by atoms with van der Waals surface area (Å²) in [4.78, 5) is 24.7. The van der Waals surface area contributed by atoms with Crippen molar-refractivity contribution in [3.63, 3.8) is 0 Å². The third-order valence-corrected chi connectivity index (χ3v) is 4.48. The van der Waals surface area contributed by atoms with Crippen molar-refractivity contribution >= 4 is 23.2 Å². The molecular weight excluding hydrogens is 336 g/mol. The Morgan fingerprint density at radius 2 is 2.00 bits per heavy atom. The summed E-state index contributed by atoms with van der Waals surface area (Å²) in [7, 11) is 0. The molecule has 2 amide bonds. The largest absolute Gasteiger partial charge is 0.350 e. The molecular formula is C18H18N4O2S. The second-order valence-electron chi connectivity index (χ2n) is 5.52. The summed E-state index contributed by atoms with van der Waals surface area (Å²) < 4.78 is 1.75. The topological polar surface area (TPSA) is 76.0 Å². The Kier molecular flexibility index (Phi) is 5.25. The Balaban J connectivity index is 1.52. The van der Waals surface area contributed by atoms with Crippen LogP contribution in [0.2, 0.25) is 0 Å². The highest BCUT2D eigenvalue weighted by atomic mass is 32.1. The minimum absolute atomic E-state index is 0.239. The molecule has 1 aromatic carbocycles. The van der Waals surface area contributed by atoms with Crippen molar-refractivity contribution in [2.45, 2.75) is 19.5 Å². The number of hydrogen-bond acceptors (Lipinski definition) is 4. The zero-order chi connectivity index (χ0) is 17.6. The van der Waals surface area contributed by atoms with Crippen molar-refractivity contribution in [2.24, 2.45) is 0 Å². The molecule has 6 nitrogen and oxygen atoms in total. The van der Waals surface area contributed by atoms with Gasteiger partial charge in [0.05, 0.1) is 16.8 Å². The van der Waals surface area contributed by atoms with E-state index in [0.29, 0.717) is 11.4 Å². The van der Waals surface area contributed by atoms with E-state index in [-0.39, 0.29) is 11.8 Å². The number of nitrogens with one attached hydrogen (secondary N) is 2. The Labute approximate surface area is 149 Å². The predicted octanol–water partition coefficient (Wildman–Crippen LogP) is 2.37. The summed E-state index contributed by atoms with van der Waals surface area (Å²) in [6, 6.07) is 12.7. The number of carbonyl (C=O) groups is 2. The second kappa shape index (κ2) is 7.76. The van der Waals surface area contributed by atoms with E-state index in [1.165, 1.54) is 11.3 Å². The lowest BCUT2D eigenvalue weighted by atomic mass is 10.2. The van der Waals surface area contributed by atoms with Gasteiger partial charge in [-0.05, 0) is 30.5 Å². The molecule has 0 aliphatic rings. The standard InChI is InChI=1S/C18H18N4O2S/c1-13(21-18(24)16-8-5-9-25-16)17(23)19-10-14-11-20-22(12-14)15-6-3-2-4-7-15/h2-9,11-13H,10H2,1H3,(H,19,23)(H,21,24). The van der Waals surface area contributed by atoms with E-state index in [9.17, 15) is 9.59 Å². The van der Waals surface area contributed by atoms with Gasteiger partial charge in [-0.15, -0.1) is 11.3 Å². The van der Waals surface area contributed by atoms with Crippen LogP contribution >= 0.6 is 11.3 Å². The van der Waals surface area contributed by atoms with Gasteiger partial charge in [-0.1, -0.05) is 24.3 Å². The molecule has 2 aromatic heterocycles. The van der Waals surface area contributed by atoms with Gasteiger partial charge in [0.25, 0.3) is 5.91 Å². The van der Waals surface area contributed by atoms with E-state index >= 15 is 0 Å². The molecule has 128 valence electrons. The summed E-state index contributed by atoms with van der Waals surface area (Å²) >= 11 is 1.34. The van der Waals surface area contributed by atoms with Crippen molar-refractivity contribution in [2.75, 3.05) is 0 Å². The monoisotopic (exact) mass is 354 g/mol. The van der Waals surface area contributed by atoms with Crippen LogP contribution in [0.5, 0.6) is 0 Å². The zero-order valence-corrected chi connectivity index (χ0v) is 14.5. The van der Waals surface area contributed by atoms with Gasteiger partial charge in [0, 0.05) is 18.3 Å². The van der Waals surface area contributed by atoms with Crippen molar-refractivity contribution in [3.05, 3.63) is 70.7 Å². The van der Waals surface area contributed by atoms with E-state index < -0.39 is 6.04 Å². The maximum atomic E-state index is 12.1. The number of carbonyl (C=O) groups excluding carboxylic acids is 2. The van der Waals surface area contributed by atoms with Crippen LogP contribution in [0, 0.1) is 0 Å². The van der Waals surface area contributed by atoms with Crippen LogP contribution in [-0.2, 0) is 11.3 Å². The maximum Gasteiger partial charge on any atom is 0.261 e. The van der Waals surface area contributed by atoms with E-state index in [1.54, 1.807) is 29.9 Å². The van der Waals surface area contributed by atoms with Crippen LogP contribution < -0.4 is 10.6 Å². The van der Waals surface area contributed by atoms with Gasteiger partial charge < -0.3 is 10.6 Å². The van der Waals surface area contributed by atoms with E-state index in [1.807, 2.05) is 41.9 Å². The Bertz CT molecular complexity index is 843. The first-order valence-corrected chi connectivity index (χ1v) is 8.72. The average Bonchev–Trinajstić information content (AvgIpc) is 3.32. The number of benzene rings is 1. The maximum absolute atomic E-state index is 12.1. The smallest absolute Gasteiger partial charge is 0.261 e. The van der Waals surface area contributed by atoms with E-state index in [2.05, 4.69) is 15.7 Å². The molecule has 0 fully saturated rings. The Hall–Kier alpha value is -2.93. The minimum atomic E-state index is -0.612. The van der Waals surface area contributed by atoms with E-state index in [4.69, 9.17) is 0 Å². The molecule has 2 N–H and O–H groups in total. The van der Waals surface area contributed by atoms with Crippen LogP contribution in [0.15, 0.2) is 60.2 Å². The summed E-state index contributed by atoms with van der Waals surface area (Å²) in [5.74, 6) is -0.480. The first-order chi connectivity index (χ1) is 12.1. The molecule has 7 heteroatoms. The molecule has 25 heavy (non-hydrogen) atoms. The molecule has 0 saturated carbocycles. The van der Waals surface area contributed by atoms with Gasteiger partial charge in [-0.3, -0.25) is 9.59 Å². The highest BCUT2D eigenvalue weighted by Crippen LogP contribution is 2.09. The lowest BCUT2D eigenvalue weighted by Gasteiger charge is -2.13. The fourth-order valence-corrected chi connectivity index (χ4v) is 2.88. The van der Waals surface area contributed by atoms with Crippen LogP contribution in [0.25, 0.3) is 5.69 Å². The number of amides is 2. The van der Waals surface area contributed by atoms with Gasteiger partial charge in [-0.2, -0.15) is 5.10 Å². The predicted molar refractivity (Wildman–Crippen MR) is 96.7 cm³/mol. The van der Waals surface area contributed by atoms with Crippen molar-refractivity contribution in [1.29, 1.82) is 0 Å². The van der Waals surface area contributed by atoms with Gasteiger partial charge in [0.15, 0.2) is 0 Å². The summed E-state index contributed by atoms with van der Waals surface area (Å²) in [6.07, 6.45) is 3.58. The lowest BCUT2D eigenvalue weighted by Crippen LogP contribution is -2.44. The number of thiophene rings is 1. The van der Waals surface area contributed by atoms with E-state index in [0.717, 1.165) is 11.3 Å². The molecule has 3 aromatic rings.